The number of rotatable bonds is 3. The van der Waals surface area contributed by atoms with Crippen LogP contribution < -0.4 is 0 Å². The number of hydrogen-bond acceptors (Lipinski definition) is 5. The number of pyridine rings is 1. The third-order valence-corrected chi connectivity index (χ3v) is 4.00. The molecule has 0 atom stereocenters. The van der Waals surface area contributed by atoms with Gasteiger partial charge in [0.05, 0.1) is 11.7 Å². The Kier molecular flexibility index (Phi) is 4.21. The lowest BCUT2D eigenvalue weighted by Gasteiger charge is -2.10. The van der Waals surface area contributed by atoms with Crippen molar-refractivity contribution in [3.8, 4) is 0 Å². The van der Waals surface area contributed by atoms with Crippen LogP contribution in [0.4, 0.5) is 0 Å². The van der Waals surface area contributed by atoms with Gasteiger partial charge in [0.25, 0.3) is 0 Å². The molecule has 23 heavy (non-hydrogen) atoms. The van der Waals surface area contributed by atoms with E-state index in [-0.39, 0.29) is 12.3 Å². The summed E-state index contributed by atoms with van der Waals surface area (Å²) >= 11 is 6.23. The second kappa shape index (κ2) is 6.30. The number of carbonyl (C=O) groups excluding carboxylic acids is 1. The van der Waals surface area contributed by atoms with Crippen LogP contribution in [-0.2, 0) is 11.3 Å². The Morgan fingerprint density at radius 3 is 2.83 bits per heavy atom. The number of halogens is 1. The van der Waals surface area contributed by atoms with Gasteiger partial charge in [-0.1, -0.05) is 23.7 Å². The minimum Gasteiger partial charge on any atom is -0.456 e. The molecule has 2 aromatic heterocycles. The molecule has 0 radical (unpaired) electrons. The summed E-state index contributed by atoms with van der Waals surface area (Å²) in [6.07, 6.45) is 4.28. The Labute approximate surface area is 138 Å². The molecule has 2 heterocycles. The van der Waals surface area contributed by atoms with Crippen LogP contribution in [0.3, 0.4) is 0 Å². The topological polar surface area (TPSA) is 65.0 Å². The van der Waals surface area contributed by atoms with Crippen LogP contribution in [0.25, 0.3) is 10.9 Å². The predicted octanol–water partition coefficient (Wildman–Crippen LogP) is 3.65. The summed E-state index contributed by atoms with van der Waals surface area (Å²) in [5, 5.41) is 1.29. The van der Waals surface area contributed by atoms with E-state index in [9.17, 15) is 4.79 Å². The summed E-state index contributed by atoms with van der Waals surface area (Å²) in [5.74, 6) is -0.547. The number of fused-ring (bicyclic) bond motifs is 1. The maximum absolute atomic E-state index is 11.9. The van der Waals surface area contributed by atoms with Gasteiger partial charge in [0.15, 0.2) is 5.69 Å². The lowest BCUT2D eigenvalue weighted by atomic mass is 10.0. The molecule has 3 aromatic rings. The normalized spacial score (nSPS) is 10.7. The molecule has 5 nitrogen and oxygen atoms in total. The van der Waals surface area contributed by atoms with Crippen molar-refractivity contribution in [2.24, 2.45) is 0 Å². The standard InChI is InChI=1S/C17H14ClN3O2/c1-10-3-4-12-7-13(16(18)21-15(12)11(10)2)9-23-17(22)14-8-19-5-6-20-14/h3-8H,9H2,1-2H3. The van der Waals surface area contributed by atoms with Gasteiger partial charge in [-0.25, -0.2) is 14.8 Å². The Hall–Kier alpha value is -2.53. The van der Waals surface area contributed by atoms with E-state index in [0.717, 1.165) is 22.0 Å². The quantitative estimate of drug-likeness (QED) is 0.542. The minimum absolute atomic E-state index is 0.0319. The Morgan fingerprint density at radius 2 is 2.09 bits per heavy atom. The van der Waals surface area contributed by atoms with Crippen LogP contribution in [0.1, 0.15) is 27.2 Å². The number of hydrogen-bond donors (Lipinski definition) is 0. The number of aromatic nitrogens is 3. The van der Waals surface area contributed by atoms with Gasteiger partial charge in [0.1, 0.15) is 11.8 Å². The van der Waals surface area contributed by atoms with Crippen LogP contribution in [0.15, 0.2) is 36.8 Å². The van der Waals surface area contributed by atoms with E-state index in [2.05, 4.69) is 15.0 Å². The van der Waals surface area contributed by atoms with Crippen molar-refractivity contribution in [1.82, 2.24) is 15.0 Å². The fraction of sp³-hybridized carbons (Fsp3) is 0.176. The number of aryl methyl sites for hydroxylation is 2. The average Bonchev–Trinajstić information content (AvgIpc) is 2.57. The smallest absolute Gasteiger partial charge is 0.358 e. The number of esters is 1. The number of nitrogens with zero attached hydrogens (tertiary/aromatic N) is 3. The van der Waals surface area contributed by atoms with Crippen LogP contribution in [0.5, 0.6) is 0 Å². The zero-order valence-electron chi connectivity index (χ0n) is 12.7. The Balaban J connectivity index is 1.85. The van der Waals surface area contributed by atoms with Crippen LogP contribution in [0.2, 0.25) is 5.15 Å². The van der Waals surface area contributed by atoms with E-state index >= 15 is 0 Å². The fourth-order valence-corrected chi connectivity index (χ4v) is 2.42. The molecule has 0 saturated heterocycles. The molecular weight excluding hydrogens is 314 g/mol. The van der Waals surface area contributed by atoms with Crippen LogP contribution >= 0.6 is 11.6 Å². The molecule has 6 heteroatoms. The molecule has 116 valence electrons. The van der Waals surface area contributed by atoms with Crippen molar-refractivity contribution in [2.75, 3.05) is 0 Å². The van der Waals surface area contributed by atoms with E-state index < -0.39 is 5.97 Å². The molecule has 3 rings (SSSR count). The highest BCUT2D eigenvalue weighted by Gasteiger charge is 2.12. The molecule has 0 spiro atoms. The summed E-state index contributed by atoms with van der Waals surface area (Å²) in [7, 11) is 0. The Bertz CT molecular complexity index is 882. The molecule has 0 saturated carbocycles. The van der Waals surface area contributed by atoms with Crippen molar-refractivity contribution in [1.29, 1.82) is 0 Å². The van der Waals surface area contributed by atoms with Gasteiger partial charge in [-0.3, -0.25) is 4.98 Å². The average molecular weight is 328 g/mol. The molecule has 0 aliphatic rings. The summed E-state index contributed by atoms with van der Waals surface area (Å²) in [6.45, 7) is 4.07. The van der Waals surface area contributed by atoms with Crippen molar-refractivity contribution >= 4 is 28.5 Å². The second-order valence-corrected chi connectivity index (χ2v) is 5.54. The second-order valence-electron chi connectivity index (χ2n) is 5.18. The summed E-state index contributed by atoms with van der Waals surface area (Å²) in [5.41, 5.74) is 3.91. The maximum atomic E-state index is 11.9. The highest BCUT2D eigenvalue weighted by atomic mass is 35.5. The molecule has 0 unspecified atom stereocenters. The molecule has 0 N–H and O–H groups in total. The summed E-state index contributed by atoms with van der Waals surface area (Å²) < 4.78 is 5.23. The Morgan fingerprint density at radius 1 is 1.26 bits per heavy atom. The largest absolute Gasteiger partial charge is 0.456 e. The molecule has 0 aliphatic heterocycles. The van der Waals surface area contributed by atoms with E-state index in [4.69, 9.17) is 16.3 Å². The van der Waals surface area contributed by atoms with Gasteiger partial charge < -0.3 is 4.74 Å². The molecule has 0 bridgehead atoms. The van der Waals surface area contributed by atoms with Crippen LogP contribution in [0, 0.1) is 13.8 Å². The van der Waals surface area contributed by atoms with Gasteiger partial charge in [-0.05, 0) is 31.0 Å². The first-order valence-electron chi connectivity index (χ1n) is 7.04. The van der Waals surface area contributed by atoms with Crippen molar-refractivity contribution in [2.45, 2.75) is 20.5 Å². The van der Waals surface area contributed by atoms with Crippen molar-refractivity contribution in [3.05, 3.63) is 64.3 Å². The highest BCUT2D eigenvalue weighted by Crippen LogP contribution is 2.25. The van der Waals surface area contributed by atoms with Gasteiger partial charge in [-0.2, -0.15) is 0 Å². The van der Waals surface area contributed by atoms with E-state index in [1.807, 2.05) is 32.0 Å². The van der Waals surface area contributed by atoms with Crippen molar-refractivity contribution < 1.29 is 9.53 Å². The first-order valence-corrected chi connectivity index (χ1v) is 7.42. The zero-order valence-corrected chi connectivity index (χ0v) is 13.5. The fourth-order valence-electron chi connectivity index (χ4n) is 2.23. The number of benzene rings is 1. The first-order chi connectivity index (χ1) is 11.1. The van der Waals surface area contributed by atoms with Crippen LogP contribution in [-0.4, -0.2) is 20.9 Å². The lowest BCUT2D eigenvalue weighted by Crippen LogP contribution is -2.08. The van der Waals surface area contributed by atoms with Gasteiger partial charge in [0, 0.05) is 23.3 Å². The zero-order chi connectivity index (χ0) is 16.4. The van der Waals surface area contributed by atoms with E-state index in [1.165, 1.54) is 18.6 Å². The van der Waals surface area contributed by atoms with E-state index in [0.29, 0.717) is 10.7 Å². The summed E-state index contributed by atoms with van der Waals surface area (Å²) in [4.78, 5) is 24.1. The van der Waals surface area contributed by atoms with E-state index in [1.54, 1.807) is 0 Å². The van der Waals surface area contributed by atoms with Crippen molar-refractivity contribution in [3.63, 3.8) is 0 Å². The maximum Gasteiger partial charge on any atom is 0.358 e. The molecular formula is C17H14ClN3O2. The van der Waals surface area contributed by atoms with Gasteiger partial charge >= 0.3 is 5.97 Å². The highest BCUT2D eigenvalue weighted by molar-refractivity contribution is 6.30. The number of carbonyl (C=O) groups is 1. The van der Waals surface area contributed by atoms with Gasteiger partial charge in [0.2, 0.25) is 0 Å². The lowest BCUT2D eigenvalue weighted by molar-refractivity contribution is 0.0465. The summed E-state index contributed by atoms with van der Waals surface area (Å²) in [6, 6.07) is 5.90. The third kappa shape index (κ3) is 3.14. The SMILES string of the molecule is Cc1ccc2cc(COC(=O)c3cnccn3)c(Cl)nc2c1C. The first kappa shape index (κ1) is 15.4. The predicted molar refractivity (Wildman–Crippen MR) is 87.4 cm³/mol. The monoisotopic (exact) mass is 327 g/mol. The molecule has 0 fully saturated rings. The number of ether oxygens (including phenoxy) is 1. The molecule has 0 amide bonds. The molecule has 1 aromatic carbocycles. The minimum atomic E-state index is -0.547. The molecule has 0 aliphatic carbocycles. The third-order valence-electron chi connectivity index (χ3n) is 3.67. The van der Waals surface area contributed by atoms with Gasteiger partial charge in [-0.15, -0.1) is 0 Å².